The number of benzene rings is 2. The second-order valence-electron chi connectivity index (χ2n) is 7.42. The van der Waals surface area contributed by atoms with Crippen LogP contribution < -0.4 is 19.5 Å². The Morgan fingerprint density at radius 1 is 1.00 bits per heavy atom. The van der Waals surface area contributed by atoms with Crippen molar-refractivity contribution in [2.24, 2.45) is 0 Å². The van der Waals surface area contributed by atoms with Gasteiger partial charge in [-0.3, -0.25) is 10.1 Å². The van der Waals surface area contributed by atoms with Gasteiger partial charge >= 0.3 is 6.01 Å². The third-order valence-electron chi connectivity index (χ3n) is 5.08. The van der Waals surface area contributed by atoms with Gasteiger partial charge in [-0.05, 0) is 50.2 Å². The lowest BCUT2D eigenvalue weighted by atomic mass is 10.2. The molecule has 1 aromatic heterocycles. The molecule has 34 heavy (non-hydrogen) atoms. The van der Waals surface area contributed by atoms with Gasteiger partial charge in [-0.25, -0.2) is 8.42 Å². The second-order valence-corrected chi connectivity index (χ2v) is 9.42. The molecule has 3 aromatic rings. The summed E-state index contributed by atoms with van der Waals surface area (Å²) in [7, 11) is 2.31. The van der Waals surface area contributed by atoms with Crippen molar-refractivity contribution in [3.8, 4) is 28.7 Å². The molecular weight excluding hydrogens is 464 g/mol. The number of nitrogens with one attached hydrogen (secondary N) is 1. The van der Waals surface area contributed by atoms with Crippen LogP contribution in [-0.2, 0) is 10.0 Å². The summed E-state index contributed by atoms with van der Waals surface area (Å²) in [5.74, 6) is 0.790. The minimum Gasteiger partial charge on any atom is -0.493 e. The van der Waals surface area contributed by atoms with Crippen LogP contribution in [0, 0.1) is 0 Å². The summed E-state index contributed by atoms with van der Waals surface area (Å²) in [5.41, 5.74) is 0.713. The molecule has 1 heterocycles. The van der Waals surface area contributed by atoms with E-state index in [-0.39, 0.29) is 28.4 Å². The number of carbonyl (C=O) groups is 1. The lowest BCUT2D eigenvalue weighted by Crippen LogP contribution is -2.33. The van der Waals surface area contributed by atoms with E-state index in [1.807, 2.05) is 0 Å². The third-order valence-corrected chi connectivity index (χ3v) is 7.13. The van der Waals surface area contributed by atoms with E-state index in [9.17, 15) is 13.2 Å². The fourth-order valence-electron chi connectivity index (χ4n) is 2.99. The highest BCUT2D eigenvalue weighted by molar-refractivity contribution is 7.89. The van der Waals surface area contributed by atoms with Gasteiger partial charge in [0.05, 0.1) is 26.2 Å². The van der Waals surface area contributed by atoms with E-state index in [0.717, 1.165) is 0 Å². The van der Waals surface area contributed by atoms with E-state index in [2.05, 4.69) is 15.5 Å². The number of amides is 1. The number of hydrogen-bond acceptors (Lipinski definition) is 9. The van der Waals surface area contributed by atoms with Gasteiger partial charge in [-0.1, -0.05) is 5.10 Å². The van der Waals surface area contributed by atoms with Crippen LogP contribution in [0.5, 0.6) is 17.2 Å². The van der Waals surface area contributed by atoms with Crippen LogP contribution in [0.15, 0.2) is 45.7 Å². The summed E-state index contributed by atoms with van der Waals surface area (Å²) >= 11 is 0. The van der Waals surface area contributed by atoms with Crippen LogP contribution in [0.4, 0.5) is 6.01 Å². The van der Waals surface area contributed by atoms with E-state index in [4.69, 9.17) is 18.6 Å². The molecule has 2 aromatic carbocycles. The third kappa shape index (κ3) is 4.97. The lowest BCUT2D eigenvalue weighted by Gasteiger charge is -2.20. The van der Waals surface area contributed by atoms with Crippen LogP contribution in [-0.4, -0.2) is 63.2 Å². The predicted octanol–water partition coefficient (Wildman–Crippen LogP) is 3.04. The predicted molar refractivity (Wildman–Crippen MR) is 124 cm³/mol. The summed E-state index contributed by atoms with van der Waals surface area (Å²) in [6.07, 6.45) is 0. The van der Waals surface area contributed by atoms with Crippen molar-refractivity contribution in [1.82, 2.24) is 14.5 Å². The average molecular weight is 491 g/mol. The number of methoxy groups -OCH3 is 3. The molecule has 12 heteroatoms. The standard InChI is InChI=1S/C22H26N4O7S/c1-13(2)26(3)34(28,29)16-9-7-14(8-10-16)20(27)23-22-25-24-21(33-22)15-11-17(30-4)19(32-6)18(12-15)31-5/h7-13H,1-6H3,(H,23,25,27). The Bertz CT molecular complexity index is 1250. The zero-order chi connectivity index (χ0) is 25.0. The summed E-state index contributed by atoms with van der Waals surface area (Å²) < 4.78 is 47.9. The summed E-state index contributed by atoms with van der Waals surface area (Å²) in [6.45, 7) is 3.55. The molecular formula is C22H26N4O7S. The van der Waals surface area contributed by atoms with Crippen molar-refractivity contribution in [3.05, 3.63) is 42.0 Å². The first kappa shape index (κ1) is 25.0. The molecule has 1 N–H and O–H groups in total. The topological polar surface area (TPSA) is 133 Å². The minimum atomic E-state index is -3.65. The van der Waals surface area contributed by atoms with E-state index >= 15 is 0 Å². The molecule has 182 valence electrons. The van der Waals surface area contributed by atoms with Crippen molar-refractivity contribution in [3.63, 3.8) is 0 Å². The maximum atomic E-state index is 12.6. The lowest BCUT2D eigenvalue weighted by molar-refractivity contribution is 0.102. The fourth-order valence-corrected chi connectivity index (χ4v) is 4.35. The molecule has 0 radical (unpaired) electrons. The average Bonchev–Trinajstić information content (AvgIpc) is 3.30. The smallest absolute Gasteiger partial charge is 0.322 e. The van der Waals surface area contributed by atoms with Gasteiger partial charge in [-0.15, -0.1) is 5.10 Å². The highest BCUT2D eigenvalue weighted by Crippen LogP contribution is 2.41. The minimum absolute atomic E-state index is 0.0859. The summed E-state index contributed by atoms with van der Waals surface area (Å²) in [6, 6.07) is 8.49. The molecule has 0 saturated heterocycles. The van der Waals surface area contributed by atoms with Gasteiger partial charge in [0.15, 0.2) is 11.5 Å². The SMILES string of the molecule is COc1cc(-c2nnc(NC(=O)c3ccc(S(=O)(=O)N(C)C(C)C)cc3)o2)cc(OC)c1OC. The largest absolute Gasteiger partial charge is 0.493 e. The van der Waals surface area contributed by atoms with Crippen molar-refractivity contribution < 1.29 is 31.8 Å². The number of ether oxygens (including phenoxy) is 3. The van der Waals surface area contributed by atoms with Gasteiger partial charge in [0, 0.05) is 24.2 Å². The van der Waals surface area contributed by atoms with Gasteiger partial charge in [0.2, 0.25) is 21.7 Å². The Kier molecular flexibility index (Phi) is 7.42. The molecule has 0 saturated carbocycles. The molecule has 0 aliphatic heterocycles. The monoisotopic (exact) mass is 490 g/mol. The zero-order valence-electron chi connectivity index (χ0n) is 19.6. The molecule has 11 nitrogen and oxygen atoms in total. The summed E-state index contributed by atoms with van der Waals surface area (Å²) in [4.78, 5) is 12.7. The van der Waals surface area contributed by atoms with Crippen LogP contribution in [0.3, 0.4) is 0 Å². The van der Waals surface area contributed by atoms with Gasteiger partial charge < -0.3 is 18.6 Å². The van der Waals surface area contributed by atoms with Crippen molar-refractivity contribution in [2.45, 2.75) is 24.8 Å². The van der Waals surface area contributed by atoms with Crippen LogP contribution >= 0.6 is 0 Å². The van der Waals surface area contributed by atoms with Crippen LogP contribution in [0.25, 0.3) is 11.5 Å². The Morgan fingerprint density at radius 2 is 1.59 bits per heavy atom. The number of rotatable bonds is 9. The number of aromatic nitrogens is 2. The first-order chi connectivity index (χ1) is 16.1. The Hall–Kier alpha value is -3.64. The fraction of sp³-hybridized carbons (Fsp3) is 0.318. The van der Waals surface area contributed by atoms with Crippen molar-refractivity contribution in [1.29, 1.82) is 0 Å². The Balaban J connectivity index is 1.79. The van der Waals surface area contributed by atoms with E-state index in [0.29, 0.717) is 22.8 Å². The van der Waals surface area contributed by atoms with Crippen LogP contribution in [0.1, 0.15) is 24.2 Å². The van der Waals surface area contributed by atoms with Crippen LogP contribution in [0.2, 0.25) is 0 Å². The Morgan fingerprint density at radius 3 is 2.09 bits per heavy atom. The highest BCUT2D eigenvalue weighted by atomic mass is 32.2. The second kappa shape index (κ2) is 10.1. The number of hydrogen-bond donors (Lipinski definition) is 1. The van der Waals surface area contributed by atoms with Gasteiger partial charge in [0.25, 0.3) is 5.91 Å². The molecule has 0 spiro atoms. The quantitative estimate of drug-likeness (QED) is 0.480. The molecule has 0 bridgehead atoms. The maximum Gasteiger partial charge on any atom is 0.322 e. The number of anilines is 1. The number of carbonyl (C=O) groups excluding carboxylic acids is 1. The molecule has 0 aliphatic carbocycles. The first-order valence-corrected chi connectivity index (χ1v) is 11.6. The van der Waals surface area contributed by atoms with Gasteiger partial charge in [0.1, 0.15) is 0 Å². The van der Waals surface area contributed by atoms with E-state index < -0.39 is 15.9 Å². The zero-order valence-corrected chi connectivity index (χ0v) is 20.5. The molecule has 0 fully saturated rings. The molecule has 1 amide bonds. The number of sulfonamides is 1. The van der Waals surface area contributed by atoms with Crippen molar-refractivity contribution in [2.75, 3.05) is 33.7 Å². The Labute approximate surface area is 197 Å². The normalized spacial score (nSPS) is 11.5. The molecule has 3 rings (SSSR count). The summed E-state index contributed by atoms with van der Waals surface area (Å²) in [5, 5.41) is 10.3. The van der Waals surface area contributed by atoms with Crippen molar-refractivity contribution >= 4 is 21.9 Å². The maximum absolute atomic E-state index is 12.6. The van der Waals surface area contributed by atoms with Gasteiger partial charge in [-0.2, -0.15) is 4.31 Å². The van der Waals surface area contributed by atoms with E-state index in [1.54, 1.807) is 26.0 Å². The molecule has 0 atom stereocenters. The highest BCUT2D eigenvalue weighted by Gasteiger charge is 2.23. The first-order valence-electron chi connectivity index (χ1n) is 10.2. The number of nitrogens with zero attached hydrogens (tertiary/aromatic N) is 3. The molecule has 0 unspecified atom stereocenters. The molecule has 0 aliphatic rings. The van der Waals surface area contributed by atoms with E-state index in [1.165, 1.54) is 56.9 Å².